The van der Waals surface area contributed by atoms with Crippen molar-refractivity contribution in [2.24, 2.45) is 11.8 Å². The Hall–Kier alpha value is -3.10. The van der Waals surface area contributed by atoms with Gasteiger partial charge in [0, 0.05) is 49.7 Å². The summed E-state index contributed by atoms with van der Waals surface area (Å²) in [5.74, 6) is 2.08. The first-order valence-corrected chi connectivity index (χ1v) is 17.1. The summed E-state index contributed by atoms with van der Waals surface area (Å²) in [5, 5.41) is 3.62. The SMILES string of the molecule is CC(C)CCN(CCC(C)C)C(=O)c1ccc2nc(Nc3ccc(N4CCOCC4)cc3)n(CCCN3CCCCC3)c2c1. The molecule has 0 atom stereocenters. The molecule has 0 unspecified atom stereocenters. The average molecular weight is 603 g/mol. The third kappa shape index (κ3) is 8.75. The third-order valence-corrected chi connectivity index (χ3v) is 9.04. The second-order valence-corrected chi connectivity index (χ2v) is 13.5. The maximum absolute atomic E-state index is 13.9. The zero-order valence-electron chi connectivity index (χ0n) is 27.6. The Balaban J connectivity index is 1.39. The fourth-order valence-corrected chi connectivity index (χ4v) is 6.24. The second kappa shape index (κ2) is 15.8. The van der Waals surface area contributed by atoms with E-state index in [0.717, 1.165) is 100.0 Å². The van der Waals surface area contributed by atoms with Gasteiger partial charge in [-0.25, -0.2) is 4.98 Å². The van der Waals surface area contributed by atoms with Gasteiger partial charge in [0.2, 0.25) is 5.95 Å². The minimum atomic E-state index is 0.127. The minimum Gasteiger partial charge on any atom is -0.378 e. The number of aromatic nitrogens is 2. The van der Waals surface area contributed by atoms with Crippen molar-refractivity contribution < 1.29 is 9.53 Å². The number of amides is 1. The fourth-order valence-electron chi connectivity index (χ4n) is 6.24. The van der Waals surface area contributed by atoms with Crippen LogP contribution in [0.3, 0.4) is 0 Å². The van der Waals surface area contributed by atoms with E-state index < -0.39 is 0 Å². The Morgan fingerprint density at radius 2 is 1.57 bits per heavy atom. The number of rotatable bonds is 14. The van der Waals surface area contributed by atoms with Gasteiger partial charge in [0.05, 0.1) is 24.2 Å². The zero-order valence-corrected chi connectivity index (χ0v) is 27.6. The van der Waals surface area contributed by atoms with Crippen LogP contribution in [0, 0.1) is 11.8 Å². The van der Waals surface area contributed by atoms with Gasteiger partial charge in [-0.05, 0) is 106 Å². The lowest BCUT2D eigenvalue weighted by molar-refractivity contribution is 0.0741. The predicted octanol–water partition coefficient (Wildman–Crippen LogP) is 7.03. The van der Waals surface area contributed by atoms with Crippen LogP contribution in [0.1, 0.15) is 76.6 Å². The second-order valence-electron chi connectivity index (χ2n) is 13.5. The quantitative estimate of drug-likeness (QED) is 0.214. The van der Waals surface area contributed by atoms with E-state index in [1.165, 1.54) is 38.0 Å². The normalized spacial score (nSPS) is 16.3. The van der Waals surface area contributed by atoms with Gasteiger partial charge >= 0.3 is 0 Å². The van der Waals surface area contributed by atoms with Gasteiger partial charge in [0.15, 0.2) is 0 Å². The van der Waals surface area contributed by atoms with Gasteiger partial charge in [0.25, 0.3) is 5.91 Å². The molecule has 0 radical (unpaired) electrons. The van der Waals surface area contributed by atoms with Gasteiger partial charge in [0.1, 0.15) is 0 Å². The molecule has 1 aromatic heterocycles. The predicted molar refractivity (Wildman–Crippen MR) is 182 cm³/mol. The number of likely N-dealkylation sites (tertiary alicyclic amines) is 1. The van der Waals surface area contributed by atoms with Crippen LogP contribution < -0.4 is 10.2 Å². The fraction of sp³-hybridized carbons (Fsp3) is 0.611. The number of imidazole rings is 1. The first kappa shape index (κ1) is 32.3. The Bertz CT molecular complexity index is 1310. The van der Waals surface area contributed by atoms with Crippen LogP contribution in [0.15, 0.2) is 42.5 Å². The number of anilines is 3. The van der Waals surface area contributed by atoms with E-state index in [0.29, 0.717) is 11.8 Å². The highest BCUT2D eigenvalue weighted by Gasteiger charge is 2.20. The van der Waals surface area contributed by atoms with E-state index in [1.807, 2.05) is 12.1 Å². The molecule has 2 fully saturated rings. The standard InChI is InChI=1S/C36H54N6O2/c1-28(2)15-21-41(22-16-29(3)4)35(43)30-9-14-33-34(27-30)42(20-8-19-39-17-6-5-7-18-39)36(38-33)37-31-10-12-32(13-11-31)40-23-25-44-26-24-40/h9-14,27-29H,5-8,15-26H2,1-4H3,(H,37,38). The van der Waals surface area contributed by atoms with E-state index in [1.54, 1.807) is 0 Å². The van der Waals surface area contributed by atoms with Crippen LogP contribution in [-0.2, 0) is 11.3 Å². The summed E-state index contributed by atoms with van der Waals surface area (Å²) in [7, 11) is 0. The van der Waals surface area contributed by atoms with Gasteiger partial charge < -0.3 is 29.3 Å². The smallest absolute Gasteiger partial charge is 0.253 e. The largest absolute Gasteiger partial charge is 0.378 e. The first-order valence-electron chi connectivity index (χ1n) is 17.1. The number of morpholine rings is 1. The van der Waals surface area contributed by atoms with Crippen LogP contribution in [0.5, 0.6) is 0 Å². The molecular formula is C36H54N6O2. The Morgan fingerprint density at radius 3 is 2.23 bits per heavy atom. The lowest BCUT2D eigenvalue weighted by Gasteiger charge is -2.29. The molecule has 3 aromatic rings. The molecule has 2 aliphatic heterocycles. The van der Waals surface area contributed by atoms with Gasteiger partial charge in [-0.3, -0.25) is 4.79 Å². The van der Waals surface area contributed by atoms with E-state index in [4.69, 9.17) is 9.72 Å². The van der Waals surface area contributed by atoms with Crippen molar-refractivity contribution in [3.63, 3.8) is 0 Å². The summed E-state index contributed by atoms with van der Waals surface area (Å²) in [4.78, 5) is 25.9. The van der Waals surface area contributed by atoms with E-state index >= 15 is 0 Å². The molecule has 44 heavy (non-hydrogen) atoms. The van der Waals surface area contributed by atoms with E-state index in [9.17, 15) is 4.79 Å². The Morgan fingerprint density at radius 1 is 0.886 bits per heavy atom. The lowest BCUT2D eigenvalue weighted by Crippen LogP contribution is -2.36. The summed E-state index contributed by atoms with van der Waals surface area (Å²) in [6.45, 7) is 18.2. The molecule has 0 aliphatic carbocycles. The van der Waals surface area contributed by atoms with Gasteiger partial charge in [-0.2, -0.15) is 0 Å². The molecule has 3 heterocycles. The number of hydrogen-bond acceptors (Lipinski definition) is 6. The third-order valence-electron chi connectivity index (χ3n) is 9.04. The molecule has 240 valence electrons. The molecule has 2 aliphatic rings. The van der Waals surface area contributed by atoms with Crippen LogP contribution in [0.25, 0.3) is 11.0 Å². The van der Waals surface area contributed by atoms with E-state index in [-0.39, 0.29) is 5.91 Å². The highest BCUT2D eigenvalue weighted by molar-refractivity contribution is 5.98. The number of benzene rings is 2. The van der Waals surface area contributed by atoms with Crippen LogP contribution >= 0.6 is 0 Å². The summed E-state index contributed by atoms with van der Waals surface area (Å²) in [5.41, 5.74) is 4.93. The minimum absolute atomic E-state index is 0.127. The molecule has 1 N–H and O–H groups in total. The Labute approximate surface area is 264 Å². The number of carbonyl (C=O) groups is 1. The topological polar surface area (TPSA) is 65.9 Å². The first-order chi connectivity index (χ1) is 21.4. The summed E-state index contributed by atoms with van der Waals surface area (Å²) in [6.07, 6.45) is 7.03. The number of fused-ring (bicyclic) bond motifs is 1. The van der Waals surface area contributed by atoms with Crippen molar-refractivity contribution in [2.45, 2.75) is 72.8 Å². The molecule has 0 saturated carbocycles. The number of piperidine rings is 1. The van der Waals surface area contributed by atoms with Crippen LogP contribution in [0.4, 0.5) is 17.3 Å². The van der Waals surface area contributed by atoms with Crippen molar-refractivity contribution in [3.8, 4) is 0 Å². The van der Waals surface area contributed by atoms with Crippen LogP contribution in [-0.4, -0.2) is 84.3 Å². The average Bonchev–Trinajstić information content (AvgIpc) is 3.37. The molecule has 5 rings (SSSR count). The zero-order chi connectivity index (χ0) is 30.9. The number of nitrogens with zero attached hydrogens (tertiary/aromatic N) is 5. The van der Waals surface area contributed by atoms with Crippen molar-refractivity contribution in [2.75, 3.05) is 69.2 Å². The highest BCUT2D eigenvalue weighted by Crippen LogP contribution is 2.27. The van der Waals surface area contributed by atoms with Crippen molar-refractivity contribution in [1.29, 1.82) is 0 Å². The highest BCUT2D eigenvalue weighted by atomic mass is 16.5. The van der Waals surface area contributed by atoms with Crippen molar-refractivity contribution >= 4 is 34.3 Å². The molecule has 8 heteroatoms. The number of carbonyl (C=O) groups excluding carboxylic acids is 1. The summed E-state index contributed by atoms with van der Waals surface area (Å²) >= 11 is 0. The molecule has 1 amide bonds. The molecule has 0 bridgehead atoms. The number of nitrogens with one attached hydrogen (secondary N) is 1. The van der Waals surface area contributed by atoms with Crippen LogP contribution in [0.2, 0.25) is 0 Å². The number of hydrogen-bond donors (Lipinski definition) is 1. The lowest BCUT2D eigenvalue weighted by atomic mass is 10.1. The molecule has 8 nitrogen and oxygen atoms in total. The van der Waals surface area contributed by atoms with E-state index in [2.05, 4.69) is 82.6 Å². The summed E-state index contributed by atoms with van der Waals surface area (Å²) < 4.78 is 7.81. The molecule has 0 spiro atoms. The van der Waals surface area contributed by atoms with Crippen molar-refractivity contribution in [3.05, 3.63) is 48.0 Å². The maximum atomic E-state index is 13.9. The molecule has 2 aromatic carbocycles. The number of aryl methyl sites for hydroxylation is 1. The number of ether oxygens (including phenoxy) is 1. The van der Waals surface area contributed by atoms with Crippen molar-refractivity contribution in [1.82, 2.24) is 19.4 Å². The Kier molecular flexibility index (Phi) is 11.6. The van der Waals surface area contributed by atoms with Gasteiger partial charge in [-0.1, -0.05) is 34.1 Å². The molecule has 2 saturated heterocycles. The molecular weight excluding hydrogens is 548 g/mol. The van der Waals surface area contributed by atoms with Gasteiger partial charge in [-0.15, -0.1) is 0 Å². The summed E-state index contributed by atoms with van der Waals surface area (Å²) in [6, 6.07) is 14.7. The maximum Gasteiger partial charge on any atom is 0.253 e. The monoisotopic (exact) mass is 602 g/mol.